The van der Waals surface area contributed by atoms with Gasteiger partial charge in [0.1, 0.15) is 0 Å². The van der Waals surface area contributed by atoms with E-state index in [0.717, 1.165) is 37.3 Å². The summed E-state index contributed by atoms with van der Waals surface area (Å²) in [4.78, 5) is 12.5. The van der Waals surface area contributed by atoms with Crippen LogP contribution in [-0.4, -0.2) is 40.0 Å². The molecular formula is C16H21Cl2N5O. The molecule has 130 valence electrons. The maximum atomic E-state index is 12.5. The lowest BCUT2D eigenvalue weighted by Crippen LogP contribution is -2.45. The van der Waals surface area contributed by atoms with E-state index in [0.29, 0.717) is 17.1 Å². The van der Waals surface area contributed by atoms with Crippen LogP contribution in [0.4, 0.5) is 0 Å². The largest absolute Gasteiger partial charge is 0.347 e. The first kappa shape index (κ1) is 18.7. The van der Waals surface area contributed by atoms with Crippen molar-refractivity contribution in [1.82, 2.24) is 25.6 Å². The normalized spacial score (nSPS) is 17.2. The Bertz CT molecular complexity index is 698. The van der Waals surface area contributed by atoms with Crippen LogP contribution >= 0.6 is 24.0 Å². The highest BCUT2D eigenvalue weighted by atomic mass is 35.5. The van der Waals surface area contributed by atoms with Gasteiger partial charge in [0.05, 0.1) is 11.4 Å². The summed E-state index contributed by atoms with van der Waals surface area (Å²) < 4.78 is 1.68. The first-order valence-corrected chi connectivity index (χ1v) is 8.29. The molecular weight excluding hydrogens is 349 g/mol. The Kier molecular flexibility index (Phi) is 6.60. The number of carbonyl (C=O) groups excluding carboxylic acids is 1. The Hall–Kier alpha value is -1.63. The van der Waals surface area contributed by atoms with Crippen molar-refractivity contribution in [2.24, 2.45) is 0 Å². The predicted molar refractivity (Wildman–Crippen MR) is 96.4 cm³/mol. The van der Waals surface area contributed by atoms with Crippen LogP contribution in [0, 0.1) is 0 Å². The molecule has 2 aromatic rings. The number of hydrogen-bond donors (Lipinski definition) is 2. The first-order chi connectivity index (χ1) is 11.2. The third kappa shape index (κ3) is 4.06. The van der Waals surface area contributed by atoms with E-state index < -0.39 is 0 Å². The van der Waals surface area contributed by atoms with E-state index in [-0.39, 0.29) is 24.4 Å². The number of aromatic nitrogens is 3. The highest BCUT2D eigenvalue weighted by molar-refractivity contribution is 6.30. The molecule has 0 unspecified atom stereocenters. The van der Waals surface area contributed by atoms with Gasteiger partial charge in [-0.3, -0.25) is 4.79 Å². The van der Waals surface area contributed by atoms with Crippen molar-refractivity contribution in [3.63, 3.8) is 0 Å². The Labute approximate surface area is 152 Å². The summed E-state index contributed by atoms with van der Waals surface area (Å²) >= 11 is 6.04. The van der Waals surface area contributed by atoms with Crippen LogP contribution in [0.15, 0.2) is 24.3 Å². The summed E-state index contributed by atoms with van der Waals surface area (Å²) in [6.07, 6.45) is 2.72. The van der Waals surface area contributed by atoms with Crippen molar-refractivity contribution in [2.75, 3.05) is 13.1 Å². The molecule has 0 radical (unpaired) electrons. The molecule has 24 heavy (non-hydrogen) atoms. The molecule has 0 spiro atoms. The minimum atomic E-state index is -0.163. The van der Waals surface area contributed by atoms with E-state index in [1.54, 1.807) is 10.7 Å². The fraction of sp³-hybridized carbons (Fsp3) is 0.438. The van der Waals surface area contributed by atoms with Crippen molar-refractivity contribution in [3.8, 4) is 5.69 Å². The lowest BCUT2D eigenvalue weighted by Gasteiger charge is -2.23. The van der Waals surface area contributed by atoms with Gasteiger partial charge in [-0.05, 0) is 44.0 Å². The number of rotatable bonds is 4. The second kappa shape index (κ2) is 8.46. The van der Waals surface area contributed by atoms with Crippen molar-refractivity contribution in [3.05, 3.63) is 40.7 Å². The van der Waals surface area contributed by atoms with Crippen LogP contribution in [0.2, 0.25) is 5.02 Å². The van der Waals surface area contributed by atoms with Crippen molar-refractivity contribution in [2.45, 2.75) is 32.2 Å². The Morgan fingerprint density at radius 2 is 2.33 bits per heavy atom. The van der Waals surface area contributed by atoms with Gasteiger partial charge < -0.3 is 10.6 Å². The average molecular weight is 370 g/mol. The molecule has 1 saturated heterocycles. The molecule has 6 nitrogen and oxygen atoms in total. The van der Waals surface area contributed by atoms with Gasteiger partial charge in [-0.2, -0.15) is 0 Å². The molecule has 1 atom stereocenters. The number of hydrogen-bond acceptors (Lipinski definition) is 4. The first-order valence-electron chi connectivity index (χ1n) is 7.91. The predicted octanol–water partition coefficient (Wildman–Crippen LogP) is 2.39. The van der Waals surface area contributed by atoms with Crippen molar-refractivity contribution >= 4 is 29.9 Å². The fourth-order valence-corrected chi connectivity index (χ4v) is 3.02. The highest BCUT2D eigenvalue weighted by Gasteiger charge is 2.22. The van der Waals surface area contributed by atoms with Crippen molar-refractivity contribution in [1.29, 1.82) is 0 Å². The molecule has 8 heteroatoms. The number of halogens is 2. The lowest BCUT2D eigenvalue weighted by atomic mass is 10.1. The van der Waals surface area contributed by atoms with E-state index in [1.165, 1.54) is 0 Å². The Morgan fingerprint density at radius 1 is 1.50 bits per heavy atom. The highest BCUT2D eigenvalue weighted by Crippen LogP contribution is 2.18. The minimum absolute atomic E-state index is 0. The molecule has 0 saturated carbocycles. The summed E-state index contributed by atoms with van der Waals surface area (Å²) in [6.45, 7) is 3.80. The van der Waals surface area contributed by atoms with Gasteiger partial charge in [-0.1, -0.05) is 29.8 Å². The van der Waals surface area contributed by atoms with Crippen LogP contribution in [0.3, 0.4) is 0 Å². The zero-order valence-electron chi connectivity index (χ0n) is 13.5. The van der Waals surface area contributed by atoms with Gasteiger partial charge in [-0.25, -0.2) is 4.68 Å². The van der Waals surface area contributed by atoms with Gasteiger partial charge in [0.15, 0.2) is 5.69 Å². The SMILES string of the molecule is CCc1c(C(=O)N[C@H]2CCCNC2)nnn1-c1cccc(Cl)c1.Cl. The number of amides is 1. The van der Waals surface area contributed by atoms with E-state index in [1.807, 2.05) is 25.1 Å². The van der Waals surface area contributed by atoms with Crippen LogP contribution in [0.25, 0.3) is 5.69 Å². The van der Waals surface area contributed by atoms with Gasteiger partial charge in [0.25, 0.3) is 5.91 Å². The number of piperidine rings is 1. The number of carbonyl (C=O) groups is 1. The molecule has 3 rings (SSSR count). The van der Waals surface area contributed by atoms with Gasteiger partial charge >= 0.3 is 0 Å². The standard InChI is InChI=1S/C16H20ClN5O.ClH/c1-2-14-15(16(23)19-12-6-4-8-18-10-12)20-21-22(14)13-7-3-5-11(17)9-13;/h3,5,7,9,12,18H,2,4,6,8,10H2,1H3,(H,19,23);1H/t12-;/m0./s1. The summed E-state index contributed by atoms with van der Waals surface area (Å²) in [5.41, 5.74) is 1.98. The quantitative estimate of drug-likeness (QED) is 0.867. The molecule has 2 heterocycles. The smallest absolute Gasteiger partial charge is 0.274 e. The van der Waals surface area contributed by atoms with Crippen LogP contribution < -0.4 is 10.6 Å². The molecule has 1 fully saturated rings. The third-order valence-corrected chi connectivity index (χ3v) is 4.23. The summed E-state index contributed by atoms with van der Waals surface area (Å²) in [6, 6.07) is 7.51. The molecule has 1 aliphatic rings. The number of benzene rings is 1. The van der Waals surface area contributed by atoms with E-state index in [9.17, 15) is 4.79 Å². The molecule has 0 bridgehead atoms. The monoisotopic (exact) mass is 369 g/mol. The maximum Gasteiger partial charge on any atom is 0.274 e. The summed E-state index contributed by atoms with van der Waals surface area (Å²) in [7, 11) is 0. The van der Waals surface area contributed by atoms with Crippen molar-refractivity contribution < 1.29 is 4.79 Å². The topological polar surface area (TPSA) is 71.8 Å². The minimum Gasteiger partial charge on any atom is -0.347 e. The molecule has 0 aliphatic carbocycles. The molecule has 2 N–H and O–H groups in total. The van der Waals surface area contributed by atoms with E-state index in [4.69, 9.17) is 11.6 Å². The molecule has 1 aromatic carbocycles. The van der Waals surface area contributed by atoms with Gasteiger partial charge in [-0.15, -0.1) is 17.5 Å². The number of nitrogens with zero attached hydrogens (tertiary/aromatic N) is 3. The Balaban J connectivity index is 0.00000208. The molecule has 1 amide bonds. The lowest BCUT2D eigenvalue weighted by molar-refractivity contribution is 0.0924. The van der Waals surface area contributed by atoms with Crippen LogP contribution in [-0.2, 0) is 6.42 Å². The van der Waals surface area contributed by atoms with Crippen LogP contribution in [0.5, 0.6) is 0 Å². The van der Waals surface area contributed by atoms with E-state index in [2.05, 4.69) is 20.9 Å². The third-order valence-electron chi connectivity index (χ3n) is 4.00. The molecule has 1 aliphatic heterocycles. The second-order valence-corrected chi connectivity index (χ2v) is 6.08. The summed E-state index contributed by atoms with van der Waals surface area (Å²) in [5.74, 6) is -0.163. The van der Waals surface area contributed by atoms with Gasteiger partial charge in [0.2, 0.25) is 0 Å². The average Bonchev–Trinajstić information content (AvgIpc) is 3.00. The molecule has 1 aromatic heterocycles. The zero-order chi connectivity index (χ0) is 16.2. The van der Waals surface area contributed by atoms with Crippen LogP contribution in [0.1, 0.15) is 35.9 Å². The Morgan fingerprint density at radius 3 is 3.00 bits per heavy atom. The van der Waals surface area contributed by atoms with Gasteiger partial charge in [0, 0.05) is 17.6 Å². The fourth-order valence-electron chi connectivity index (χ4n) is 2.84. The maximum absolute atomic E-state index is 12.5. The number of nitrogens with one attached hydrogen (secondary N) is 2. The second-order valence-electron chi connectivity index (χ2n) is 5.65. The summed E-state index contributed by atoms with van der Waals surface area (Å²) in [5, 5.41) is 15.2. The zero-order valence-corrected chi connectivity index (χ0v) is 15.0. The van der Waals surface area contributed by atoms with E-state index >= 15 is 0 Å².